The number of benzene rings is 1. The summed E-state index contributed by atoms with van der Waals surface area (Å²) >= 11 is 0. The van der Waals surface area contributed by atoms with Crippen molar-refractivity contribution in [3.8, 4) is 0 Å². The lowest BCUT2D eigenvalue weighted by Gasteiger charge is -2.38. The number of likely N-dealkylation sites (tertiary alicyclic amines) is 1. The van der Waals surface area contributed by atoms with Crippen molar-refractivity contribution in [2.24, 2.45) is 5.92 Å². The van der Waals surface area contributed by atoms with Crippen molar-refractivity contribution in [3.05, 3.63) is 35.9 Å². The fraction of sp³-hybridized carbons (Fsp3) is 0.529. The van der Waals surface area contributed by atoms with Gasteiger partial charge in [-0.25, -0.2) is 4.79 Å². The van der Waals surface area contributed by atoms with Crippen molar-refractivity contribution in [1.82, 2.24) is 10.2 Å². The predicted octanol–water partition coefficient (Wildman–Crippen LogP) is 2.27. The van der Waals surface area contributed by atoms with Gasteiger partial charge in [0, 0.05) is 25.2 Å². The van der Waals surface area contributed by atoms with E-state index in [2.05, 4.69) is 5.32 Å². The minimum Gasteiger partial charge on any atom is -0.466 e. The number of nitrogens with one attached hydrogen (secondary N) is 1. The van der Waals surface area contributed by atoms with Gasteiger partial charge in [0.2, 0.25) is 0 Å². The van der Waals surface area contributed by atoms with Crippen molar-refractivity contribution in [1.29, 1.82) is 0 Å². The van der Waals surface area contributed by atoms with Gasteiger partial charge in [-0.15, -0.1) is 0 Å². The molecule has 1 heterocycles. The van der Waals surface area contributed by atoms with Crippen LogP contribution < -0.4 is 5.32 Å². The smallest absolute Gasteiger partial charge is 0.407 e. The second kappa shape index (κ2) is 7.97. The molecule has 2 N–H and O–H groups in total. The average Bonchev–Trinajstić information content (AvgIpc) is 2.55. The molecule has 23 heavy (non-hydrogen) atoms. The number of hydrogen-bond donors (Lipinski definition) is 2. The fourth-order valence-electron chi connectivity index (χ4n) is 2.99. The number of carbonyl (C=O) groups is 2. The molecule has 0 spiro atoms. The molecule has 0 aromatic heterocycles. The van der Waals surface area contributed by atoms with E-state index in [0.29, 0.717) is 19.6 Å². The van der Waals surface area contributed by atoms with E-state index in [1.54, 1.807) is 6.92 Å². The van der Waals surface area contributed by atoms with Crippen LogP contribution in [0.2, 0.25) is 0 Å². The average molecular weight is 320 g/mol. The summed E-state index contributed by atoms with van der Waals surface area (Å²) in [4.78, 5) is 24.8. The Morgan fingerprint density at radius 2 is 2.09 bits per heavy atom. The molecule has 0 bridgehead atoms. The zero-order valence-corrected chi connectivity index (χ0v) is 13.6. The Morgan fingerprint density at radius 1 is 1.39 bits per heavy atom. The number of carbonyl (C=O) groups excluding carboxylic acids is 1. The highest BCUT2D eigenvalue weighted by Gasteiger charge is 2.37. The standard InChI is InChI=1S/C17H24N2O4/c1-3-23-16(20)14-9-10-19(17(21)22)11-15(14)18-12(2)13-7-5-4-6-8-13/h4-8,12,14-15,18H,3,9-11H2,1-2H3,(H,21,22)/t12-,14?,15?/m0/s1. The highest BCUT2D eigenvalue weighted by molar-refractivity contribution is 5.74. The molecule has 1 amide bonds. The largest absolute Gasteiger partial charge is 0.466 e. The van der Waals surface area contributed by atoms with Crippen LogP contribution in [0.15, 0.2) is 30.3 Å². The molecule has 6 heteroatoms. The lowest BCUT2D eigenvalue weighted by atomic mass is 9.90. The Balaban J connectivity index is 2.10. The molecular weight excluding hydrogens is 296 g/mol. The predicted molar refractivity (Wildman–Crippen MR) is 86.1 cm³/mol. The van der Waals surface area contributed by atoms with Crippen molar-refractivity contribution in [2.75, 3.05) is 19.7 Å². The van der Waals surface area contributed by atoms with Gasteiger partial charge in [0.25, 0.3) is 0 Å². The summed E-state index contributed by atoms with van der Waals surface area (Å²) in [5, 5.41) is 12.6. The van der Waals surface area contributed by atoms with Crippen molar-refractivity contribution in [3.63, 3.8) is 0 Å². The molecule has 1 aliphatic heterocycles. The van der Waals surface area contributed by atoms with Crippen LogP contribution in [0.4, 0.5) is 4.79 Å². The van der Waals surface area contributed by atoms with Crippen LogP contribution in [0.5, 0.6) is 0 Å². The molecule has 2 unspecified atom stereocenters. The lowest BCUT2D eigenvalue weighted by molar-refractivity contribution is -0.150. The van der Waals surface area contributed by atoms with Gasteiger partial charge < -0.3 is 20.1 Å². The monoisotopic (exact) mass is 320 g/mol. The number of piperidine rings is 1. The summed E-state index contributed by atoms with van der Waals surface area (Å²) in [6.45, 7) is 4.77. The molecule has 1 aliphatic rings. The number of nitrogens with zero attached hydrogens (tertiary/aromatic N) is 1. The summed E-state index contributed by atoms with van der Waals surface area (Å²) < 4.78 is 5.15. The Hall–Kier alpha value is -2.08. The van der Waals surface area contributed by atoms with E-state index in [1.165, 1.54) is 4.90 Å². The maximum atomic E-state index is 12.2. The number of carboxylic acid groups (broad SMARTS) is 1. The highest BCUT2D eigenvalue weighted by atomic mass is 16.5. The molecule has 0 aliphatic carbocycles. The SMILES string of the molecule is CCOC(=O)C1CCN(C(=O)O)CC1N[C@@H](C)c1ccccc1. The van der Waals surface area contributed by atoms with Gasteiger partial charge in [0.05, 0.1) is 12.5 Å². The topological polar surface area (TPSA) is 78.9 Å². The maximum absolute atomic E-state index is 12.2. The first-order valence-electron chi connectivity index (χ1n) is 7.98. The minimum atomic E-state index is -0.952. The van der Waals surface area contributed by atoms with Gasteiger partial charge >= 0.3 is 12.1 Å². The second-order valence-electron chi connectivity index (χ2n) is 5.78. The quantitative estimate of drug-likeness (QED) is 0.814. The van der Waals surface area contributed by atoms with E-state index in [-0.39, 0.29) is 30.5 Å². The molecular formula is C17H24N2O4. The van der Waals surface area contributed by atoms with E-state index in [1.807, 2.05) is 37.3 Å². The first kappa shape index (κ1) is 17.3. The third kappa shape index (κ3) is 4.45. The molecule has 1 aromatic rings. The third-order valence-electron chi connectivity index (χ3n) is 4.24. The minimum absolute atomic E-state index is 0.0203. The Kier molecular flexibility index (Phi) is 5.98. The third-order valence-corrected chi connectivity index (χ3v) is 4.24. The number of hydrogen-bond acceptors (Lipinski definition) is 4. The van der Waals surface area contributed by atoms with Crippen molar-refractivity contribution >= 4 is 12.1 Å². The van der Waals surface area contributed by atoms with Crippen LogP contribution in [0.1, 0.15) is 31.9 Å². The molecule has 0 radical (unpaired) electrons. The second-order valence-corrected chi connectivity index (χ2v) is 5.78. The van der Waals surface area contributed by atoms with Crippen LogP contribution in [0, 0.1) is 5.92 Å². The van der Waals surface area contributed by atoms with Gasteiger partial charge in [-0.3, -0.25) is 4.79 Å². The lowest BCUT2D eigenvalue weighted by Crippen LogP contribution is -2.55. The normalized spacial score (nSPS) is 22.4. The highest BCUT2D eigenvalue weighted by Crippen LogP contribution is 2.23. The number of ether oxygens (including phenoxy) is 1. The molecule has 1 saturated heterocycles. The molecule has 1 fully saturated rings. The van der Waals surface area contributed by atoms with E-state index in [0.717, 1.165) is 5.56 Å². The Labute approximate surface area is 136 Å². The van der Waals surface area contributed by atoms with Gasteiger partial charge in [-0.05, 0) is 25.8 Å². The zero-order valence-electron chi connectivity index (χ0n) is 13.6. The van der Waals surface area contributed by atoms with Crippen LogP contribution in [-0.2, 0) is 9.53 Å². The maximum Gasteiger partial charge on any atom is 0.407 e. The van der Waals surface area contributed by atoms with Crippen LogP contribution >= 0.6 is 0 Å². The van der Waals surface area contributed by atoms with Gasteiger partial charge in [0.15, 0.2) is 0 Å². The van der Waals surface area contributed by atoms with Crippen LogP contribution in [0.25, 0.3) is 0 Å². The molecule has 3 atom stereocenters. The van der Waals surface area contributed by atoms with Crippen LogP contribution in [0.3, 0.4) is 0 Å². The number of rotatable bonds is 5. The summed E-state index contributed by atoms with van der Waals surface area (Å²) in [7, 11) is 0. The molecule has 6 nitrogen and oxygen atoms in total. The van der Waals surface area contributed by atoms with E-state index in [4.69, 9.17) is 4.74 Å². The van der Waals surface area contributed by atoms with E-state index in [9.17, 15) is 14.7 Å². The summed E-state index contributed by atoms with van der Waals surface area (Å²) in [5.41, 5.74) is 1.10. The Morgan fingerprint density at radius 3 is 2.70 bits per heavy atom. The van der Waals surface area contributed by atoms with Gasteiger partial charge in [0.1, 0.15) is 0 Å². The molecule has 0 saturated carbocycles. The summed E-state index contributed by atoms with van der Waals surface area (Å²) in [6, 6.07) is 9.65. The molecule has 1 aromatic carbocycles. The number of esters is 1. The zero-order chi connectivity index (χ0) is 16.8. The summed E-state index contributed by atoms with van der Waals surface area (Å²) in [5.74, 6) is -0.577. The fourth-order valence-corrected chi connectivity index (χ4v) is 2.99. The first-order valence-corrected chi connectivity index (χ1v) is 7.98. The van der Waals surface area contributed by atoms with Gasteiger partial charge in [-0.1, -0.05) is 30.3 Å². The van der Waals surface area contributed by atoms with Gasteiger partial charge in [-0.2, -0.15) is 0 Å². The van der Waals surface area contributed by atoms with Crippen LogP contribution in [-0.4, -0.2) is 47.8 Å². The Bertz CT molecular complexity index is 535. The molecule has 126 valence electrons. The first-order chi connectivity index (χ1) is 11.0. The van der Waals surface area contributed by atoms with Crippen molar-refractivity contribution in [2.45, 2.75) is 32.4 Å². The van der Waals surface area contributed by atoms with E-state index < -0.39 is 6.09 Å². The van der Waals surface area contributed by atoms with E-state index >= 15 is 0 Å². The van der Waals surface area contributed by atoms with Crippen molar-refractivity contribution < 1.29 is 19.4 Å². The summed E-state index contributed by atoms with van der Waals surface area (Å²) in [6.07, 6.45) is -0.476. The number of amides is 1. The molecule has 2 rings (SSSR count).